The molecular weight excluding hydrogens is 759 g/mol. The summed E-state index contributed by atoms with van der Waals surface area (Å²) in [6.45, 7) is 11.3. The van der Waals surface area contributed by atoms with E-state index in [1.165, 1.54) is 0 Å². The second-order valence-corrected chi connectivity index (χ2v) is 15.2. The highest BCUT2D eigenvalue weighted by molar-refractivity contribution is 5.65. The molecule has 15 heteroatoms. The Morgan fingerprint density at radius 1 is 0.847 bits per heavy atom. The highest BCUT2D eigenvalue weighted by Gasteiger charge is 2.36. The number of rotatable bonds is 20. The van der Waals surface area contributed by atoms with Crippen LogP contribution in [-0.2, 0) is 18.9 Å². The van der Waals surface area contributed by atoms with E-state index in [-0.39, 0.29) is 44.4 Å². The van der Waals surface area contributed by atoms with Gasteiger partial charge < -0.3 is 44.0 Å². The average Bonchev–Trinajstić information content (AvgIpc) is 3.20. The molecule has 0 spiro atoms. The van der Waals surface area contributed by atoms with Crippen LogP contribution < -0.4 is 14.8 Å². The van der Waals surface area contributed by atoms with Gasteiger partial charge >= 0.3 is 12.3 Å². The van der Waals surface area contributed by atoms with Crippen LogP contribution in [0.5, 0.6) is 11.5 Å². The molecule has 0 bridgehead atoms. The summed E-state index contributed by atoms with van der Waals surface area (Å²) in [5.41, 5.74) is 1.83. The van der Waals surface area contributed by atoms with Crippen molar-refractivity contribution < 1.29 is 48.2 Å². The number of hydrogen-bond acceptors (Lipinski definition) is 15. The maximum atomic E-state index is 13.3. The number of nitriles is 2. The van der Waals surface area contributed by atoms with Gasteiger partial charge in [-0.1, -0.05) is 44.2 Å². The van der Waals surface area contributed by atoms with Crippen LogP contribution in [0.25, 0.3) is 0 Å². The Labute approximate surface area is 345 Å². The number of carbonyl (C=O) groups is 2. The lowest BCUT2D eigenvalue weighted by Crippen LogP contribution is -2.42. The lowest BCUT2D eigenvalue weighted by molar-refractivity contribution is 0.0239. The van der Waals surface area contributed by atoms with E-state index in [0.717, 1.165) is 0 Å². The number of dihydropyridines is 1. The third-order valence-electron chi connectivity index (χ3n) is 9.10. The summed E-state index contributed by atoms with van der Waals surface area (Å²) in [7, 11) is 0. The molecule has 0 fully saturated rings. The van der Waals surface area contributed by atoms with Crippen LogP contribution in [0.1, 0.15) is 77.0 Å². The van der Waals surface area contributed by atoms with E-state index in [9.17, 15) is 30.3 Å². The fourth-order valence-electron chi connectivity index (χ4n) is 6.31. The van der Waals surface area contributed by atoms with Crippen LogP contribution >= 0.6 is 0 Å². The molecule has 4 rings (SSSR count). The SMILES string of the molecule is CC1=C(OC(=O)OCC(C)(C)CCCN(CC(O)COc2ccccc2C#N)CC(O)COc2ccccc2C#N)C(c2cccnc2)C(OC(=O)OC(C)C)=C(C)N1. The molecule has 0 radical (unpaired) electrons. The topological polar surface area (TPSA) is 206 Å². The largest absolute Gasteiger partial charge is 0.513 e. The van der Waals surface area contributed by atoms with E-state index in [0.29, 0.717) is 59.0 Å². The maximum Gasteiger partial charge on any atom is 0.513 e. The molecular formula is C44H53N5O10. The maximum absolute atomic E-state index is 13.3. The molecule has 1 aliphatic heterocycles. The quantitative estimate of drug-likeness (QED) is 0.102. The molecule has 0 saturated heterocycles. The van der Waals surface area contributed by atoms with Crippen LogP contribution in [0, 0.1) is 28.1 Å². The number of para-hydroxylation sites is 2. The highest BCUT2D eigenvalue weighted by Crippen LogP contribution is 2.39. The minimum absolute atomic E-state index is 0.00558. The Morgan fingerprint density at radius 3 is 1.90 bits per heavy atom. The first-order valence-corrected chi connectivity index (χ1v) is 19.3. The second-order valence-electron chi connectivity index (χ2n) is 15.2. The van der Waals surface area contributed by atoms with Crippen molar-refractivity contribution in [2.45, 2.75) is 78.6 Å². The Hall–Kier alpha value is -6.13. The zero-order chi connectivity index (χ0) is 43.0. The summed E-state index contributed by atoms with van der Waals surface area (Å²) in [6, 6.07) is 21.1. The first kappa shape index (κ1) is 45.6. The molecule has 0 aliphatic carbocycles. The van der Waals surface area contributed by atoms with Crippen LogP contribution in [0.4, 0.5) is 9.59 Å². The first-order valence-electron chi connectivity index (χ1n) is 19.3. The number of aliphatic hydroxyl groups is 2. The number of carbonyl (C=O) groups excluding carboxylic acids is 2. The molecule has 3 aromatic rings. The monoisotopic (exact) mass is 811 g/mol. The van der Waals surface area contributed by atoms with Gasteiger partial charge in [-0.25, -0.2) is 9.59 Å². The van der Waals surface area contributed by atoms with Crippen LogP contribution in [0.3, 0.4) is 0 Å². The van der Waals surface area contributed by atoms with Crippen LogP contribution in [0.15, 0.2) is 96.0 Å². The van der Waals surface area contributed by atoms with Gasteiger partial charge in [0, 0.05) is 25.5 Å². The van der Waals surface area contributed by atoms with Crippen molar-refractivity contribution in [3.8, 4) is 23.6 Å². The number of nitrogens with zero attached hydrogens (tertiary/aromatic N) is 4. The molecule has 0 saturated carbocycles. The molecule has 2 heterocycles. The fourth-order valence-corrected chi connectivity index (χ4v) is 6.31. The van der Waals surface area contributed by atoms with Gasteiger partial charge in [0.1, 0.15) is 73.1 Å². The normalized spacial score (nSPS) is 15.1. The number of benzene rings is 2. The van der Waals surface area contributed by atoms with E-state index in [4.69, 9.17) is 28.4 Å². The van der Waals surface area contributed by atoms with E-state index in [1.807, 2.05) is 18.7 Å². The number of pyridine rings is 1. The molecule has 3 N–H and O–H groups in total. The molecule has 3 atom stereocenters. The van der Waals surface area contributed by atoms with Crippen LogP contribution in [-0.4, -0.2) is 90.2 Å². The minimum atomic E-state index is -0.965. The second kappa shape index (κ2) is 22.1. The lowest BCUT2D eigenvalue weighted by Gasteiger charge is -2.31. The number of aliphatic hydroxyl groups excluding tert-OH is 2. The number of aromatic nitrogens is 1. The van der Waals surface area contributed by atoms with E-state index in [1.54, 1.807) is 101 Å². The Balaban J connectivity index is 1.37. The van der Waals surface area contributed by atoms with Crippen molar-refractivity contribution in [2.75, 3.05) is 39.5 Å². The van der Waals surface area contributed by atoms with Crippen molar-refractivity contribution in [1.82, 2.24) is 15.2 Å². The summed E-state index contributed by atoms with van der Waals surface area (Å²) in [6.07, 6.45) is 0.176. The predicted octanol–water partition coefficient (Wildman–Crippen LogP) is 6.68. The number of nitrogens with one attached hydrogen (secondary N) is 1. The Morgan fingerprint density at radius 2 is 1.39 bits per heavy atom. The van der Waals surface area contributed by atoms with Crippen molar-refractivity contribution >= 4 is 12.3 Å². The summed E-state index contributed by atoms with van der Waals surface area (Å²) >= 11 is 0. The smallest absolute Gasteiger partial charge is 0.489 e. The van der Waals surface area contributed by atoms with Crippen molar-refractivity contribution in [1.29, 1.82) is 10.5 Å². The van der Waals surface area contributed by atoms with Crippen molar-refractivity contribution in [3.05, 3.63) is 113 Å². The van der Waals surface area contributed by atoms with Gasteiger partial charge in [0.2, 0.25) is 0 Å². The van der Waals surface area contributed by atoms with Gasteiger partial charge in [-0.2, -0.15) is 10.5 Å². The predicted molar refractivity (Wildman–Crippen MR) is 215 cm³/mol. The van der Waals surface area contributed by atoms with E-state index in [2.05, 4.69) is 22.4 Å². The molecule has 1 aromatic heterocycles. The Bertz CT molecular complexity index is 1950. The standard InChI is InChI=1S/C44H53N5O10/c1-29(2)57-43(53)59-41-31(4)48-30(3)40(39(41)34-15-11-19-47-23-34)58-42(52)56-28-44(5,6)18-12-20-49(24-35(50)26-54-37-16-9-7-13-32(37)21-45)25-36(51)27-55-38-17-10-8-14-33(38)22-46/h7-11,13-17,19,23,29,35-36,39,48,50-51H,12,18,20,24-28H2,1-6H3. The van der Waals surface area contributed by atoms with Gasteiger partial charge in [0.15, 0.2) is 0 Å². The molecule has 59 heavy (non-hydrogen) atoms. The van der Waals surface area contributed by atoms with E-state index < -0.39 is 42.0 Å². The summed E-state index contributed by atoms with van der Waals surface area (Å²) in [5, 5.41) is 43.9. The number of hydrogen-bond donors (Lipinski definition) is 3. The minimum Gasteiger partial charge on any atom is -0.489 e. The molecule has 15 nitrogen and oxygen atoms in total. The third kappa shape index (κ3) is 14.3. The van der Waals surface area contributed by atoms with Gasteiger partial charge in [0.05, 0.1) is 28.6 Å². The highest BCUT2D eigenvalue weighted by atomic mass is 16.7. The average molecular weight is 812 g/mol. The van der Waals surface area contributed by atoms with Gasteiger partial charge in [-0.3, -0.25) is 9.88 Å². The summed E-state index contributed by atoms with van der Waals surface area (Å²) in [5.74, 6) is 0.271. The van der Waals surface area contributed by atoms with Crippen LogP contribution in [0.2, 0.25) is 0 Å². The summed E-state index contributed by atoms with van der Waals surface area (Å²) in [4.78, 5) is 32.0. The zero-order valence-electron chi connectivity index (χ0n) is 34.3. The molecule has 314 valence electrons. The third-order valence-corrected chi connectivity index (χ3v) is 9.10. The lowest BCUT2D eigenvalue weighted by atomic mass is 9.89. The van der Waals surface area contributed by atoms with Gasteiger partial charge in [-0.05, 0) is 88.4 Å². The van der Waals surface area contributed by atoms with Gasteiger partial charge in [-0.15, -0.1) is 0 Å². The first-order chi connectivity index (χ1) is 28.2. The molecule has 1 aliphatic rings. The summed E-state index contributed by atoms with van der Waals surface area (Å²) < 4.78 is 33.8. The van der Waals surface area contributed by atoms with Gasteiger partial charge in [0.25, 0.3) is 0 Å². The Kier molecular flexibility index (Phi) is 17.1. The molecule has 3 unspecified atom stereocenters. The molecule has 2 aromatic carbocycles. The van der Waals surface area contributed by atoms with Crippen molar-refractivity contribution in [2.24, 2.45) is 5.41 Å². The van der Waals surface area contributed by atoms with E-state index >= 15 is 0 Å². The number of ether oxygens (including phenoxy) is 6. The van der Waals surface area contributed by atoms with Crippen molar-refractivity contribution in [3.63, 3.8) is 0 Å². The number of allylic oxidation sites excluding steroid dienone is 2. The fraction of sp³-hybridized carbons (Fsp3) is 0.432. The molecule has 0 amide bonds. The zero-order valence-corrected chi connectivity index (χ0v) is 34.3.